The topological polar surface area (TPSA) is 74.1 Å². The summed E-state index contributed by atoms with van der Waals surface area (Å²) in [4.78, 5) is 22.9. The van der Waals surface area contributed by atoms with Crippen LogP contribution in [0.3, 0.4) is 0 Å². The molecule has 0 radical (unpaired) electrons. The standard InChI is InChI=1S/C22H28F3N5O3/c23-22(24,25)17-2-1-3-18(14-17)30-8-6-29(7-9-30)15-20-27-19(16-33-20)21(31)26-4-5-28-10-12-32-13-11-28/h1-3,14,16H,4-13,15H2,(H,26,31). The van der Waals surface area contributed by atoms with E-state index in [4.69, 9.17) is 9.15 Å². The van der Waals surface area contributed by atoms with Gasteiger partial charge in [-0.3, -0.25) is 14.6 Å². The van der Waals surface area contributed by atoms with E-state index in [1.54, 1.807) is 6.07 Å². The molecule has 0 aliphatic carbocycles. The first kappa shape index (κ1) is 23.5. The van der Waals surface area contributed by atoms with Crippen molar-refractivity contribution >= 4 is 11.6 Å². The number of carbonyl (C=O) groups is 1. The van der Waals surface area contributed by atoms with E-state index in [2.05, 4.69) is 20.1 Å². The van der Waals surface area contributed by atoms with Gasteiger partial charge in [-0.2, -0.15) is 13.2 Å². The molecule has 1 aromatic heterocycles. The Morgan fingerprint density at radius 3 is 2.55 bits per heavy atom. The first-order chi connectivity index (χ1) is 15.9. The monoisotopic (exact) mass is 467 g/mol. The summed E-state index contributed by atoms with van der Waals surface area (Å²) in [5.41, 5.74) is 0.171. The molecular formula is C22H28F3N5O3. The fourth-order valence-corrected chi connectivity index (χ4v) is 3.97. The number of oxazole rings is 1. The zero-order valence-electron chi connectivity index (χ0n) is 18.3. The van der Waals surface area contributed by atoms with Gasteiger partial charge in [-0.05, 0) is 18.2 Å². The van der Waals surface area contributed by atoms with E-state index in [0.29, 0.717) is 50.8 Å². The molecule has 2 aliphatic rings. The number of piperazine rings is 1. The fraction of sp³-hybridized carbons (Fsp3) is 0.545. The number of aromatic nitrogens is 1. The lowest BCUT2D eigenvalue weighted by Gasteiger charge is -2.35. The summed E-state index contributed by atoms with van der Waals surface area (Å²) >= 11 is 0. The van der Waals surface area contributed by atoms with Gasteiger partial charge < -0.3 is 19.4 Å². The Kier molecular flexibility index (Phi) is 7.51. The minimum atomic E-state index is -4.35. The Balaban J connectivity index is 1.22. The molecule has 3 heterocycles. The number of benzene rings is 1. The van der Waals surface area contributed by atoms with Crippen molar-refractivity contribution in [2.75, 3.05) is 70.5 Å². The molecule has 2 aromatic rings. The van der Waals surface area contributed by atoms with Gasteiger partial charge in [0.2, 0.25) is 5.89 Å². The van der Waals surface area contributed by atoms with E-state index < -0.39 is 11.7 Å². The number of ether oxygens (including phenoxy) is 1. The van der Waals surface area contributed by atoms with Gasteiger partial charge in [0.1, 0.15) is 6.26 Å². The number of halogens is 3. The Bertz CT molecular complexity index is 922. The Morgan fingerprint density at radius 1 is 1.06 bits per heavy atom. The molecule has 33 heavy (non-hydrogen) atoms. The van der Waals surface area contributed by atoms with Gasteiger partial charge in [0.05, 0.1) is 25.3 Å². The van der Waals surface area contributed by atoms with E-state index in [9.17, 15) is 18.0 Å². The zero-order chi connectivity index (χ0) is 23.3. The highest BCUT2D eigenvalue weighted by atomic mass is 19.4. The van der Waals surface area contributed by atoms with Crippen LogP contribution in [0.5, 0.6) is 0 Å². The largest absolute Gasteiger partial charge is 0.447 e. The predicted octanol–water partition coefficient (Wildman–Crippen LogP) is 2.08. The van der Waals surface area contributed by atoms with Crippen LogP contribution in [0.15, 0.2) is 34.9 Å². The first-order valence-corrected chi connectivity index (χ1v) is 11.1. The second kappa shape index (κ2) is 10.5. The third kappa shape index (κ3) is 6.46. The smallest absolute Gasteiger partial charge is 0.416 e. The summed E-state index contributed by atoms with van der Waals surface area (Å²) in [6.07, 6.45) is -2.99. The lowest BCUT2D eigenvalue weighted by molar-refractivity contribution is -0.137. The van der Waals surface area contributed by atoms with Gasteiger partial charge in [-0.1, -0.05) is 6.07 Å². The van der Waals surface area contributed by atoms with Crippen molar-refractivity contribution in [2.45, 2.75) is 12.7 Å². The molecule has 0 saturated carbocycles. The highest BCUT2D eigenvalue weighted by molar-refractivity contribution is 5.91. The normalized spacial score (nSPS) is 18.5. The van der Waals surface area contributed by atoms with Gasteiger partial charge in [-0.15, -0.1) is 0 Å². The Labute approximate surface area is 190 Å². The summed E-state index contributed by atoms with van der Waals surface area (Å²) in [7, 11) is 0. The van der Waals surface area contributed by atoms with Crippen LogP contribution >= 0.6 is 0 Å². The van der Waals surface area contributed by atoms with Crippen molar-refractivity contribution in [3.63, 3.8) is 0 Å². The molecule has 4 rings (SSSR count). The molecule has 0 bridgehead atoms. The Morgan fingerprint density at radius 2 is 1.82 bits per heavy atom. The molecule has 1 aromatic carbocycles. The van der Waals surface area contributed by atoms with Crippen molar-refractivity contribution in [1.82, 2.24) is 20.1 Å². The fourth-order valence-electron chi connectivity index (χ4n) is 3.97. The van der Waals surface area contributed by atoms with E-state index in [0.717, 1.165) is 38.9 Å². The predicted molar refractivity (Wildman–Crippen MR) is 115 cm³/mol. The number of hydrogen-bond donors (Lipinski definition) is 1. The van der Waals surface area contributed by atoms with Gasteiger partial charge in [0.25, 0.3) is 5.91 Å². The average Bonchev–Trinajstić information content (AvgIpc) is 3.28. The number of rotatable bonds is 7. The van der Waals surface area contributed by atoms with Crippen molar-refractivity contribution in [3.05, 3.63) is 47.7 Å². The lowest BCUT2D eigenvalue weighted by atomic mass is 10.1. The number of anilines is 1. The highest BCUT2D eigenvalue weighted by Crippen LogP contribution is 2.31. The number of nitrogens with zero attached hydrogens (tertiary/aromatic N) is 4. The first-order valence-electron chi connectivity index (χ1n) is 11.1. The molecule has 180 valence electrons. The van der Waals surface area contributed by atoms with E-state index in [1.165, 1.54) is 18.4 Å². The third-order valence-electron chi connectivity index (χ3n) is 5.87. The number of alkyl halides is 3. The van der Waals surface area contributed by atoms with Crippen LogP contribution in [0.2, 0.25) is 0 Å². The molecule has 2 aliphatic heterocycles. The van der Waals surface area contributed by atoms with E-state index in [-0.39, 0.29) is 11.6 Å². The van der Waals surface area contributed by atoms with Crippen molar-refractivity contribution in [2.24, 2.45) is 0 Å². The number of hydrogen-bond acceptors (Lipinski definition) is 7. The van der Waals surface area contributed by atoms with Crippen LogP contribution in [-0.4, -0.2) is 86.3 Å². The minimum Gasteiger partial charge on any atom is -0.447 e. The maximum atomic E-state index is 13.0. The van der Waals surface area contributed by atoms with Crippen molar-refractivity contribution in [1.29, 1.82) is 0 Å². The molecule has 1 N–H and O–H groups in total. The number of nitrogens with one attached hydrogen (secondary N) is 1. The minimum absolute atomic E-state index is 0.245. The van der Waals surface area contributed by atoms with Crippen LogP contribution in [0.25, 0.3) is 0 Å². The van der Waals surface area contributed by atoms with E-state index >= 15 is 0 Å². The van der Waals surface area contributed by atoms with Crippen molar-refractivity contribution in [3.8, 4) is 0 Å². The van der Waals surface area contributed by atoms with Crippen LogP contribution in [0, 0.1) is 0 Å². The maximum absolute atomic E-state index is 13.0. The second-order valence-corrected chi connectivity index (χ2v) is 8.15. The van der Waals surface area contributed by atoms with E-state index in [1.807, 2.05) is 4.90 Å². The SMILES string of the molecule is O=C(NCCN1CCOCC1)c1coc(CN2CCN(c3cccc(C(F)(F)F)c3)CC2)n1. The number of morpholine rings is 1. The molecule has 2 fully saturated rings. The molecule has 0 atom stereocenters. The van der Waals surface area contributed by atoms with Crippen LogP contribution < -0.4 is 10.2 Å². The summed E-state index contributed by atoms with van der Waals surface area (Å²) in [6.45, 7) is 7.39. The lowest BCUT2D eigenvalue weighted by Crippen LogP contribution is -2.46. The number of carbonyl (C=O) groups excluding carboxylic acids is 1. The van der Waals surface area contributed by atoms with Crippen molar-refractivity contribution < 1.29 is 27.1 Å². The summed E-state index contributed by atoms with van der Waals surface area (Å²) in [5, 5.41) is 2.86. The number of amides is 1. The van der Waals surface area contributed by atoms with Gasteiger partial charge in [-0.25, -0.2) is 4.98 Å². The summed E-state index contributed by atoms with van der Waals surface area (Å²) < 4.78 is 49.7. The quantitative estimate of drug-likeness (QED) is 0.669. The highest BCUT2D eigenvalue weighted by Gasteiger charge is 2.31. The van der Waals surface area contributed by atoms with Gasteiger partial charge >= 0.3 is 6.18 Å². The van der Waals surface area contributed by atoms with Crippen LogP contribution in [-0.2, 0) is 17.5 Å². The van der Waals surface area contributed by atoms with Crippen LogP contribution in [0.4, 0.5) is 18.9 Å². The zero-order valence-corrected chi connectivity index (χ0v) is 18.3. The molecule has 11 heteroatoms. The molecule has 8 nitrogen and oxygen atoms in total. The van der Waals surface area contributed by atoms with Gasteiger partial charge in [0.15, 0.2) is 5.69 Å². The molecule has 1 amide bonds. The Hall–Kier alpha value is -2.63. The third-order valence-corrected chi connectivity index (χ3v) is 5.87. The molecule has 0 unspecified atom stereocenters. The molecular weight excluding hydrogens is 439 g/mol. The van der Waals surface area contributed by atoms with Gasteiger partial charge in [0, 0.05) is 58.0 Å². The molecule has 0 spiro atoms. The second-order valence-electron chi connectivity index (χ2n) is 8.15. The molecule has 2 saturated heterocycles. The summed E-state index contributed by atoms with van der Waals surface area (Å²) in [5.74, 6) is 0.175. The van der Waals surface area contributed by atoms with Crippen LogP contribution in [0.1, 0.15) is 21.9 Å². The average molecular weight is 467 g/mol. The summed E-state index contributed by atoms with van der Waals surface area (Å²) in [6, 6.07) is 5.40. The maximum Gasteiger partial charge on any atom is 0.416 e.